The molecule has 0 unspecified atom stereocenters. The summed E-state index contributed by atoms with van der Waals surface area (Å²) in [7, 11) is -2.75. The van der Waals surface area contributed by atoms with Crippen LogP contribution in [0.15, 0.2) is 39.8 Å². The van der Waals surface area contributed by atoms with E-state index in [0.717, 1.165) is 0 Å². The second-order valence-electron chi connectivity index (χ2n) is 5.89. The van der Waals surface area contributed by atoms with Gasteiger partial charge in [0.05, 0.1) is 24.2 Å². The van der Waals surface area contributed by atoms with Crippen LogP contribution in [0.4, 0.5) is 5.69 Å². The van der Waals surface area contributed by atoms with Crippen molar-refractivity contribution in [3.05, 3.63) is 45.2 Å². The van der Waals surface area contributed by atoms with Crippen LogP contribution in [0.3, 0.4) is 0 Å². The Hall–Kier alpha value is -0.534. The molecule has 0 amide bonds. The normalized spacial score (nSPS) is 16.2. The van der Waals surface area contributed by atoms with E-state index in [4.69, 9.17) is 9.47 Å². The number of pyridine rings is 1. The van der Waals surface area contributed by atoms with Crippen molar-refractivity contribution in [2.24, 2.45) is 5.92 Å². The van der Waals surface area contributed by atoms with Gasteiger partial charge in [0.1, 0.15) is 15.8 Å². The fourth-order valence-corrected chi connectivity index (χ4v) is 4.26. The summed E-state index contributed by atoms with van der Waals surface area (Å²) in [5.74, 6) is -0.368. The number of sulfonamides is 1. The Morgan fingerprint density at radius 2 is 2.14 bits per heavy atom. The molecular formula is C17H16BrKN2O6S. The van der Waals surface area contributed by atoms with E-state index in [-0.39, 0.29) is 110 Å². The van der Waals surface area contributed by atoms with E-state index in [0.29, 0.717) is 4.47 Å². The molecule has 1 N–H and O–H groups in total. The van der Waals surface area contributed by atoms with E-state index in [1.165, 1.54) is 31.5 Å². The molecule has 1 atom stereocenters. The van der Waals surface area contributed by atoms with E-state index >= 15 is 0 Å². The van der Waals surface area contributed by atoms with E-state index < -0.39 is 10.0 Å². The van der Waals surface area contributed by atoms with Crippen LogP contribution in [-0.4, -0.2) is 44.6 Å². The molecule has 1 aromatic heterocycles. The van der Waals surface area contributed by atoms with Crippen molar-refractivity contribution in [3.63, 3.8) is 0 Å². The SMILES string of the molecule is COc1ccc(Br)cc1S(=O)(=O)[N-]c1cnc2c(c1)C(=O)C[C@@H](CO)CO2.[K+]. The monoisotopic (exact) mass is 494 g/mol. The van der Waals surface area contributed by atoms with E-state index in [2.05, 4.69) is 25.6 Å². The standard InChI is InChI=1S/C17H16BrN2O6S.K/c1-25-15-3-2-11(18)5-16(15)27(23,24)20-12-6-13-14(22)4-10(8-21)9-26-17(13)19-7-12;/h2-3,5-7,10,21H,4,8-9H2,1H3;/q-1;+1/t10-;/m0./s1. The van der Waals surface area contributed by atoms with Gasteiger partial charge in [-0.2, -0.15) is 0 Å². The molecule has 2 heterocycles. The van der Waals surface area contributed by atoms with Gasteiger partial charge in [0.15, 0.2) is 5.78 Å². The van der Waals surface area contributed by atoms with Crippen LogP contribution in [0.2, 0.25) is 0 Å². The Bertz CT molecular complexity index is 986. The van der Waals surface area contributed by atoms with Gasteiger partial charge >= 0.3 is 51.4 Å². The smallest absolute Gasteiger partial charge is 0.571 e. The van der Waals surface area contributed by atoms with Gasteiger partial charge in [-0.25, -0.2) is 13.4 Å². The first-order chi connectivity index (χ1) is 12.8. The first-order valence-electron chi connectivity index (χ1n) is 7.92. The van der Waals surface area contributed by atoms with Crippen molar-refractivity contribution < 1.29 is 79.2 Å². The van der Waals surface area contributed by atoms with Crippen LogP contribution in [0.1, 0.15) is 16.8 Å². The van der Waals surface area contributed by atoms with E-state index in [1.54, 1.807) is 6.07 Å². The van der Waals surface area contributed by atoms with Gasteiger partial charge in [0, 0.05) is 29.6 Å². The number of rotatable bonds is 5. The number of fused-ring (bicyclic) bond motifs is 1. The average Bonchev–Trinajstić information content (AvgIpc) is 2.80. The molecule has 0 radical (unpaired) electrons. The Kier molecular flexibility index (Phi) is 8.46. The maximum atomic E-state index is 12.7. The third-order valence-corrected chi connectivity index (χ3v) is 5.77. The van der Waals surface area contributed by atoms with Crippen molar-refractivity contribution in [2.75, 3.05) is 20.3 Å². The summed E-state index contributed by atoms with van der Waals surface area (Å²) in [6, 6.07) is 5.87. The zero-order valence-corrected chi connectivity index (χ0v) is 20.8. The zero-order chi connectivity index (χ0) is 19.6. The quantitative estimate of drug-likeness (QED) is 0.573. The average molecular weight is 495 g/mol. The first-order valence-corrected chi connectivity index (χ1v) is 10.2. The van der Waals surface area contributed by atoms with Crippen molar-refractivity contribution in [1.82, 2.24) is 4.98 Å². The minimum Gasteiger partial charge on any atom is -0.571 e. The molecular weight excluding hydrogens is 479 g/mol. The number of carbonyl (C=O) groups excluding carboxylic acids is 1. The predicted molar refractivity (Wildman–Crippen MR) is 100 cm³/mol. The molecule has 0 aliphatic carbocycles. The minimum atomic E-state index is -4.11. The Morgan fingerprint density at radius 3 is 2.82 bits per heavy atom. The Morgan fingerprint density at radius 1 is 1.39 bits per heavy atom. The summed E-state index contributed by atoms with van der Waals surface area (Å²) in [5, 5.41) is 9.25. The number of nitrogens with zero attached hydrogens (tertiary/aromatic N) is 2. The van der Waals surface area contributed by atoms with Crippen LogP contribution in [-0.2, 0) is 10.0 Å². The number of ketones is 1. The van der Waals surface area contributed by atoms with Crippen LogP contribution < -0.4 is 60.9 Å². The van der Waals surface area contributed by atoms with Gasteiger partial charge in [-0.3, -0.25) is 4.79 Å². The Labute approximate surface area is 213 Å². The maximum absolute atomic E-state index is 12.7. The third-order valence-electron chi connectivity index (χ3n) is 3.95. The number of aliphatic hydroxyl groups excluding tert-OH is 1. The van der Waals surface area contributed by atoms with Gasteiger partial charge in [-0.1, -0.05) is 22.0 Å². The Balaban J connectivity index is 0.00000280. The molecule has 1 aliphatic heterocycles. The van der Waals surface area contributed by atoms with Crippen LogP contribution >= 0.6 is 15.9 Å². The second kappa shape index (κ2) is 9.98. The number of halogens is 1. The van der Waals surface area contributed by atoms with Gasteiger partial charge in [-0.15, -0.1) is 5.69 Å². The van der Waals surface area contributed by atoms with Crippen molar-refractivity contribution in [3.8, 4) is 11.6 Å². The summed E-state index contributed by atoms with van der Waals surface area (Å²) in [6.45, 7) is -0.0275. The number of methoxy groups -OCH3 is 1. The van der Waals surface area contributed by atoms with Crippen molar-refractivity contribution >= 4 is 37.4 Å². The molecule has 0 fully saturated rings. The van der Waals surface area contributed by atoms with Gasteiger partial charge in [0.2, 0.25) is 5.88 Å². The number of hydrogen-bond donors (Lipinski definition) is 1. The molecule has 0 spiro atoms. The summed E-state index contributed by atoms with van der Waals surface area (Å²) in [5.41, 5.74) is 0.138. The van der Waals surface area contributed by atoms with Gasteiger partial charge < -0.3 is 19.3 Å². The summed E-state index contributed by atoms with van der Waals surface area (Å²) in [6.07, 6.45) is 1.30. The number of hydrogen-bond acceptors (Lipinski definition) is 7. The van der Waals surface area contributed by atoms with Crippen molar-refractivity contribution in [2.45, 2.75) is 11.3 Å². The first kappa shape index (κ1) is 23.7. The van der Waals surface area contributed by atoms with Gasteiger partial charge in [-0.05, 0) is 18.2 Å². The van der Waals surface area contributed by atoms with Crippen LogP contribution in [0.5, 0.6) is 11.6 Å². The largest absolute Gasteiger partial charge is 1.00 e. The fraction of sp³-hybridized carbons (Fsp3) is 0.294. The predicted octanol–water partition coefficient (Wildman–Crippen LogP) is -0.175. The van der Waals surface area contributed by atoms with Crippen LogP contribution in [0, 0.1) is 5.92 Å². The molecule has 1 aromatic carbocycles. The number of ether oxygens (including phenoxy) is 2. The third kappa shape index (κ3) is 5.33. The fourth-order valence-electron chi connectivity index (χ4n) is 2.59. The topological polar surface area (TPSA) is 117 Å². The van der Waals surface area contributed by atoms with E-state index in [9.17, 15) is 18.3 Å². The minimum absolute atomic E-state index is 0. The molecule has 0 saturated heterocycles. The van der Waals surface area contributed by atoms with Crippen LogP contribution in [0.25, 0.3) is 4.72 Å². The van der Waals surface area contributed by atoms with Gasteiger partial charge in [0.25, 0.3) is 0 Å². The number of carbonyl (C=O) groups is 1. The zero-order valence-electron chi connectivity index (χ0n) is 15.3. The number of Topliss-reactive ketones (excluding diaryl/α,β-unsaturated/α-hetero) is 1. The molecule has 0 saturated carbocycles. The summed E-state index contributed by atoms with van der Waals surface area (Å²) >= 11 is 3.23. The maximum Gasteiger partial charge on any atom is 1.00 e. The molecule has 28 heavy (non-hydrogen) atoms. The second-order valence-corrected chi connectivity index (χ2v) is 8.38. The summed E-state index contributed by atoms with van der Waals surface area (Å²) in [4.78, 5) is 16.3. The van der Waals surface area contributed by atoms with Crippen molar-refractivity contribution in [1.29, 1.82) is 0 Å². The number of benzene rings is 1. The number of aromatic nitrogens is 1. The molecule has 11 heteroatoms. The number of aliphatic hydroxyl groups is 1. The molecule has 0 bridgehead atoms. The van der Waals surface area contributed by atoms with E-state index in [1.807, 2.05) is 0 Å². The molecule has 1 aliphatic rings. The molecule has 3 rings (SSSR count). The molecule has 2 aromatic rings. The molecule has 144 valence electrons. The summed E-state index contributed by atoms with van der Waals surface area (Å²) < 4.78 is 40.3. The molecule has 8 nitrogen and oxygen atoms in total.